The lowest BCUT2D eigenvalue weighted by Crippen LogP contribution is -2.01. The molecule has 0 saturated heterocycles. The molecule has 0 aliphatic rings. The predicted molar refractivity (Wildman–Crippen MR) is 82.5 cm³/mol. The zero-order chi connectivity index (χ0) is 13.2. The highest BCUT2D eigenvalue weighted by molar-refractivity contribution is 7.08. The van der Waals surface area contributed by atoms with Gasteiger partial charge < -0.3 is 11.1 Å². The van der Waals surface area contributed by atoms with Crippen LogP contribution in [0.2, 0.25) is 0 Å². The Morgan fingerprint density at radius 3 is 2.95 bits per heavy atom. The summed E-state index contributed by atoms with van der Waals surface area (Å²) in [6.07, 6.45) is 1.79. The van der Waals surface area contributed by atoms with Gasteiger partial charge in [0.25, 0.3) is 0 Å². The average molecular weight is 269 g/mol. The smallest absolute Gasteiger partial charge is 0.0951 e. The Morgan fingerprint density at radius 1 is 1.26 bits per heavy atom. The topological polar surface area (TPSA) is 50.9 Å². The van der Waals surface area contributed by atoms with Crippen molar-refractivity contribution in [3.8, 4) is 0 Å². The third-order valence-electron chi connectivity index (χ3n) is 3.23. The quantitative estimate of drug-likeness (QED) is 0.711. The number of nitrogens with one attached hydrogen (secondary N) is 1. The van der Waals surface area contributed by atoms with E-state index in [9.17, 15) is 0 Å². The van der Waals surface area contributed by atoms with Gasteiger partial charge in [-0.2, -0.15) is 11.3 Å². The second-order valence-corrected chi connectivity index (χ2v) is 5.28. The molecule has 0 atom stereocenters. The number of aryl methyl sites for hydroxylation is 1. The van der Waals surface area contributed by atoms with Gasteiger partial charge >= 0.3 is 0 Å². The molecule has 0 aliphatic heterocycles. The fraction of sp³-hybridized carbons (Fsp3) is 0.133. The van der Waals surface area contributed by atoms with E-state index in [1.54, 1.807) is 17.5 Å². The van der Waals surface area contributed by atoms with Crippen LogP contribution >= 0.6 is 11.3 Å². The van der Waals surface area contributed by atoms with E-state index in [0.29, 0.717) is 5.69 Å². The largest absolute Gasteiger partial charge is 0.397 e. The number of fused-ring (bicyclic) bond motifs is 1. The van der Waals surface area contributed by atoms with Gasteiger partial charge in [0.1, 0.15) is 0 Å². The lowest BCUT2D eigenvalue weighted by Gasteiger charge is -2.10. The maximum absolute atomic E-state index is 5.95. The van der Waals surface area contributed by atoms with E-state index in [-0.39, 0.29) is 0 Å². The molecule has 0 spiro atoms. The minimum atomic E-state index is 0.716. The summed E-state index contributed by atoms with van der Waals surface area (Å²) in [6.45, 7) is 2.96. The monoisotopic (exact) mass is 269 g/mol. The number of nitrogens with two attached hydrogens (primary N) is 1. The molecule has 3 rings (SSSR count). The zero-order valence-electron chi connectivity index (χ0n) is 10.7. The molecule has 96 valence electrons. The van der Waals surface area contributed by atoms with Gasteiger partial charge in [-0.3, -0.25) is 4.98 Å². The lowest BCUT2D eigenvalue weighted by molar-refractivity contribution is 1.14. The second kappa shape index (κ2) is 4.90. The van der Waals surface area contributed by atoms with Crippen LogP contribution in [0.25, 0.3) is 10.9 Å². The minimum absolute atomic E-state index is 0.716. The van der Waals surface area contributed by atoms with E-state index in [0.717, 1.165) is 23.1 Å². The Kier molecular flexibility index (Phi) is 3.09. The van der Waals surface area contributed by atoms with Crippen LogP contribution in [0, 0.1) is 6.92 Å². The third kappa shape index (κ3) is 2.27. The zero-order valence-corrected chi connectivity index (χ0v) is 11.5. The number of benzene rings is 1. The molecule has 2 heterocycles. The van der Waals surface area contributed by atoms with Gasteiger partial charge in [-0.15, -0.1) is 0 Å². The van der Waals surface area contributed by atoms with Crippen molar-refractivity contribution in [1.82, 2.24) is 4.98 Å². The van der Waals surface area contributed by atoms with Crippen molar-refractivity contribution >= 4 is 33.6 Å². The highest BCUT2D eigenvalue weighted by Gasteiger charge is 2.05. The summed E-state index contributed by atoms with van der Waals surface area (Å²) in [5.41, 5.74) is 11.3. The van der Waals surface area contributed by atoms with Crippen LogP contribution in [-0.4, -0.2) is 4.98 Å². The van der Waals surface area contributed by atoms with Gasteiger partial charge in [-0.25, -0.2) is 0 Å². The van der Waals surface area contributed by atoms with E-state index in [4.69, 9.17) is 5.73 Å². The summed E-state index contributed by atoms with van der Waals surface area (Å²) in [6, 6.07) is 7.87. The minimum Gasteiger partial charge on any atom is -0.397 e. The maximum atomic E-state index is 5.95. The summed E-state index contributed by atoms with van der Waals surface area (Å²) < 4.78 is 0. The summed E-state index contributed by atoms with van der Waals surface area (Å²) in [5.74, 6) is 0. The molecule has 3 aromatic rings. The number of anilines is 2. The molecule has 0 radical (unpaired) electrons. The van der Waals surface area contributed by atoms with Crippen molar-refractivity contribution in [1.29, 1.82) is 0 Å². The van der Waals surface area contributed by atoms with Gasteiger partial charge in [0.05, 0.1) is 11.2 Å². The Labute approximate surface area is 116 Å². The average Bonchev–Trinajstić information content (AvgIpc) is 2.82. The lowest BCUT2D eigenvalue weighted by atomic mass is 10.1. The van der Waals surface area contributed by atoms with Crippen molar-refractivity contribution in [2.24, 2.45) is 0 Å². The van der Waals surface area contributed by atoms with Crippen molar-refractivity contribution < 1.29 is 0 Å². The summed E-state index contributed by atoms with van der Waals surface area (Å²) >= 11 is 1.74. The summed E-state index contributed by atoms with van der Waals surface area (Å²) in [4.78, 5) is 4.34. The molecule has 0 bridgehead atoms. The van der Waals surface area contributed by atoms with Crippen LogP contribution in [-0.2, 0) is 6.54 Å². The first kappa shape index (κ1) is 12.0. The summed E-state index contributed by atoms with van der Waals surface area (Å²) in [7, 11) is 0. The molecular weight excluding hydrogens is 254 g/mol. The van der Waals surface area contributed by atoms with Gasteiger partial charge in [0.2, 0.25) is 0 Å². The first-order valence-electron chi connectivity index (χ1n) is 6.14. The molecule has 0 amide bonds. The van der Waals surface area contributed by atoms with Crippen molar-refractivity contribution in [3.05, 3.63) is 52.3 Å². The number of hydrogen-bond donors (Lipinski definition) is 2. The second-order valence-electron chi connectivity index (χ2n) is 4.54. The molecule has 2 aromatic heterocycles. The standard InChI is InChI=1S/C15H15N3S/c1-10-8-19-9-11(10)7-18-14-5-6-17-15-12(14)3-2-4-13(15)16/h2-6,8-9H,7,16H2,1H3,(H,17,18). The molecule has 4 heteroatoms. The fourth-order valence-electron chi connectivity index (χ4n) is 2.11. The molecule has 3 nitrogen and oxygen atoms in total. The van der Waals surface area contributed by atoms with E-state index in [1.807, 2.05) is 24.3 Å². The Hall–Kier alpha value is -2.07. The van der Waals surface area contributed by atoms with Gasteiger partial charge in [0.15, 0.2) is 0 Å². The van der Waals surface area contributed by atoms with Crippen molar-refractivity contribution in [3.63, 3.8) is 0 Å². The van der Waals surface area contributed by atoms with E-state index in [2.05, 4.69) is 28.0 Å². The third-order valence-corrected chi connectivity index (χ3v) is 4.14. The fourth-order valence-corrected chi connectivity index (χ4v) is 2.97. The number of thiophene rings is 1. The van der Waals surface area contributed by atoms with Crippen LogP contribution < -0.4 is 11.1 Å². The summed E-state index contributed by atoms with van der Waals surface area (Å²) in [5, 5.41) is 8.88. The molecule has 19 heavy (non-hydrogen) atoms. The van der Waals surface area contributed by atoms with E-state index < -0.39 is 0 Å². The Bertz CT molecular complexity index is 718. The number of hydrogen-bond acceptors (Lipinski definition) is 4. The number of pyridine rings is 1. The molecule has 3 N–H and O–H groups in total. The molecular formula is C15H15N3S. The highest BCUT2D eigenvalue weighted by atomic mass is 32.1. The first-order valence-corrected chi connectivity index (χ1v) is 7.09. The maximum Gasteiger partial charge on any atom is 0.0951 e. The van der Waals surface area contributed by atoms with Gasteiger partial charge in [-0.05, 0) is 40.9 Å². The van der Waals surface area contributed by atoms with E-state index >= 15 is 0 Å². The van der Waals surface area contributed by atoms with Crippen molar-refractivity contribution in [2.45, 2.75) is 13.5 Å². The van der Waals surface area contributed by atoms with E-state index in [1.165, 1.54) is 11.1 Å². The van der Waals surface area contributed by atoms with Crippen LogP contribution in [0.5, 0.6) is 0 Å². The van der Waals surface area contributed by atoms with Gasteiger partial charge in [0, 0.05) is 23.8 Å². The number of rotatable bonds is 3. The molecule has 1 aromatic carbocycles. The molecule has 0 saturated carbocycles. The van der Waals surface area contributed by atoms with Gasteiger partial charge in [-0.1, -0.05) is 12.1 Å². The van der Waals surface area contributed by atoms with Crippen molar-refractivity contribution in [2.75, 3.05) is 11.1 Å². The van der Waals surface area contributed by atoms with Crippen LogP contribution in [0.15, 0.2) is 41.2 Å². The molecule has 0 fully saturated rings. The number of aromatic nitrogens is 1. The molecule has 0 aliphatic carbocycles. The Morgan fingerprint density at radius 2 is 2.16 bits per heavy atom. The predicted octanol–water partition coefficient (Wildman–Crippen LogP) is 3.80. The number of nitrogen functional groups attached to an aromatic ring is 1. The first-order chi connectivity index (χ1) is 9.25. The number of para-hydroxylation sites is 1. The van der Waals surface area contributed by atoms with Crippen LogP contribution in [0.3, 0.4) is 0 Å². The van der Waals surface area contributed by atoms with Crippen LogP contribution in [0.1, 0.15) is 11.1 Å². The van der Waals surface area contributed by atoms with Crippen LogP contribution in [0.4, 0.5) is 11.4 Å². The molecule has 0 unspecified atom stereocenters. The SMILES string of the molecule is Cc1cscc1CNc1ccnc2c(N)cccc12. The Balaban J connectivity index is 1.93. The highest BCUT2D eigenvalue weighted by Crippen LogP contribution is 2.26. The number of nitrogens with zero attached hydrogens (tertiary/aromatic N) is 1. The normalized spacial score (nSPS) is 10.8.